The Balaban J connectivity index is 0. The molecule has 0 amide bonds. The van der Waals surface area contributed by atoms with Gasteiger partial charge in [0, 0.05) is 18.6 Å². The van der Waals surface area contributed by atoms with E-state index in [1.54, 1.807) is 12.4 Å². The summed E-state index contributed by atoms with van der Waals surface area (Å²) in [4.78, 5) is 3.78. The molecular weight excluding hydrogens is 162 g/mol. The Kier molecular flexibility index (Phi) is 17.9. The van der Waals surface area contributed by atoms with E-state index in [0.29, 0.717) is 0 Å². The fourth-order valence-corrected chi connectivity index (χ4v) is 0.368. The molecule has 0 aromatic carbocycles. The molecule has 0 bridgehead atoms. The molecule has 1 heterocycles. The molecule has 0 unspecified atom stereocenters. The second kappa shape index (κ2) is 16.8. The molecular formula is C10H17N3. The molecule has 0 aliphatic heterocycles. The van der Waals surface area contributed by atoms with Gasteiger partial charge in [-0.05, 0) is 24.4 Å². The van der Waals surface area contributed by atoms with Crippen LogP contribution in [0.15, 0.2) is 42.9 Å². The van der Waals surface area contributed by atoms with E-state index in [4.69, 9.17) is 11.1 Å². The van der Waals surface area contributed by atoms with Crippen molar-refractivity contribution < 1.29 is 0 Å². The number of hydrogen-bond acceptors (Lipinski definition) is 3. The minimum absolute atomic E-state index is 1.12. The third kappa shape index (κ3) is 17.9. The normalized spacial score (nSPS) is 7.54. The summed E-state index contributed by atoms with van der Waals surface area (Å²) in [6, 6.07) is 5.72. The summed E-state index contributed by atoms with van der Waals surface area (Å²) < 4.78 is 0. The Labute approximate surface area is 79.8 Å². The average molecular weight is 179 g/mol. The molecule has 0 atom stereocenters. The first-order valence-corrected chi connectivity index (χ1v) is 4.14. The number of allylic oxidation sites excluding steroid dienone is 1. The SMILES string of the molecule is CC.N=C/C=C\N.c1ccncc1. The van der Waals surface area contributed by atoms with Gasteiger partial charge < -0.3 is 11.1 Å². The number of pyridine rings is 1. The molecule has 3 nitrogen and oxygen atoms in total. The van der Waals surface area contributed by atoms with E-state index >= 15 is 0 Å². The lowest BCUT2D eigenvalue weighted by atomic mass is 10.5. The van der Waals surface area contributed by atoms with Crippen LogP contribution >= 0.6 is 0 Å². The zero-order valence-corrected chi connectivity index (χ0v) is 8.14. The third-order valence-electron chi connectivity index (χ3n) is 0.774. The van der Waals surface area contributed by atoms with Crippen molar-refractivity contribution in [1.29, 1.82) is 5.41 Å². The standard InChI is InChI=1S/C5H5N.C3H6N2.C2H6/c1-2-4-6-5-3-1;4-2-1-3-5;1-2/h1-5H;1-4H,5H2;1-2H3/b;3-1-,4-2?;. The summed E-state index contributed by atoms with van der Waals surface area (Å²) in [5, 5.41) is 6.31. The van der Waals surface area contributed by atoms with E-state index in [-0.39, 0.29) is 0 Å². The molecule has 0 aliphatic rings. The highest BCUT2D eigenvalue weighted by molar-refractivity contribution is 5.67. The monoisotopic (exact) mass is 179 g/mol. The fourth-order valence-electron chi connectivity index (χ4n) is 0.368. The van der Waals surface area contributed by atoms with Crippen LogP contribution in [0.25, 0.3) is 0 Å². The van der Waals surface area contributed by atoms with Crippen LogP contribution in [0.4, 0.5) is 0 Å². The summed E-state index contributed by atoms with van der Waals surface area (Å²) in [6.07, 6.45) is 7.38. The molecule has 3 heteroatoms. The Morgan fingerprint density at radius 2 is 1.69 bits per heavy atom. The average Bonchev–Trinajstić information content (AvgIpc) is 2.25. The molecule has 3 N–H and O–H groups in total. The molecule has 1 rings (SSSR count). The first kappa shape index (κ1) is 13.9. The fraction of sp³-hybridized carbons (Fsp3) is 0.200. The molecule has 1 aromatic heterocycles. The van der Waals surface area contributed by atoms with E-state index in [1.807, 2.05) is 32.0 Å². The maximum atomic E-state index is 6.31. The first-order chi connectivity index (χ1) is 6.41. The predicted octanol–water partition coefficient (Wildman–Crippen LogP) is 2.22. The van der Waals surface area contributed by atoms with Crippen molar-refractivity contribution in [2.45, 2.75) is 13.8 Å². The van der Waals surface area contributed by atoms with Crippen LogP contribution in [0.3, 0.4) is 0 Å². The molecule has 0 spiro atoms. The van der Waals surface area contributed by atoms with Crippen LogP contribution in [0.1, 0.15) is 13.8 Å². The summed E-state index contributed by atoms with van der Waals surface area (Å²) in [6.45, 7) is 4.00. The van der Waals surface area contributed by atoms with Gasteiger partial charge in [0.05, 0.1) is 0 Å². The number of aromatic nitrogens is 1. The predicted molar refractivity (Wildman–Crippen MR) is 57.7 cm³/mol. The number of nitrogens with one attached hydrogen (secondary N) is 1. The Morgan fingerprint density at radius 3 is 1.77 bits per heavy atom. The Morgan fingerprint density at radius 1 is 1.15 bits per heavy atom. The van der Waals surface area contributed by atoms with Crippen LogP contribution in [0.5, 0.6) is 0 Å². The van der Waals surface area contributed by atoms with Crippen molar-refractivity contribution in [3.63, 3.8) is 0 Å². The van der Waals surface area contributed by atoms with E-state index in [0.717, 1.165) is 6.21 Å². The lowest BCUT2D eigenvalue weighted by Gasteiger charge is -1.70. The van der Waals surface area contributed by atoms with Gasteiger partial charge in [-0.1, -0.05) is 19.9 Å². The van der Waals surface area contributed by atoms with Crippen molar-refractivity contribution in [3.05, 3.63) is 42.9 Å². The van der Waals surface area contributed by atoms with Crippen molar-refractivity contribution >= 4 is 6.21 Å². The van der Waals surface area contributed by atoms with Crippen molar-refractivity contribution in [1.82, 2.24) is 4.98 Å². The van der Waals surface area contributed by atoms with Crippen molar-refractivity contribution in [2.75, 3.05) is 0 Å². The first-order valence-electron chi connectivity index (χ1n) is 4.14. The van der Waals surface area contributed by atoms with Gasteiger partial charge in [-0.3, -0.25) is 4.98 Å². The summed E-state index contributed by atoms with van der Waals surface area (Å²) in [7, 11) is 0. The highest BCUT2D eigenvalue weighted by atomic mass is 14.6. The van der Waals surface area contributed by atoms with Gasteiger partial charge in [-0.15, -0.1) is 0 Å². The summed E-state index contributed by atoms with van der Waals surface area (Å²) in [5.74, 6) is 0. The molecule has 0 radical (unpaired) electrons. The second-order valence-electron chi connectivity index (χ2n) is 1.58. The molecule has 72 valence electrons. The maximum Gasteiger partial charge on any atom is 0.0267 e. The topological polar surface area (TPSA) is 62.8 Å². The minimum Gasteiger partial charge on any atom is -0.405 e. The smallest absolute Gasteiger partial charge is 0.0267 e. The number of nitrogens with two attached hydrogens (primary N) is 1. The molecule has 0 saturated heterocycles. The van der Waals surface area contributed by atoms with Crippen LogP contribution in [0, 0.1) is 5.41 Å². The lowest BCUT2D eigenvalue weighted by Crippen LogP contribution is -1.73. The van der Waals surface area contributed by atoms with Gasteiger partial charge in [0.25, 0.3) is 0 Å². The minimum atomic E-state index is 1.12. The van der Waals surface area contributed by atoms with Crippen molar-refractivity contribution in [3.8, 4) is 0 Å². The van der Waals surface area contributed by atoms with Gasteiger partial charge in [-0.25, -0.2) is 0 Å². The van der Waals surface area contributed by atoms with E-state index in [9.17, 15) is 0 Å². The van der Waals surface area contributed by atoms with E-state index < -0.39 is 0 Å². The lowest BCUT2D eigenvalue weighted by molar-refractivity contribution is 1.33. The second-order valence-corrected chi connectivity index (χ2v) is 1.58. The highest BCUT2D eigenvalue weighted by Crippen LogP contribution is 1.73. The molecule has 13 heavy (non-hydrogen) atoms. The molecule has 0 fully saturated rings. The third-order valence-corrected chi connectivity index (χ3v) is 0.774. The Bertz CT molecular complexity index is 168. The number of hydrogen-bond donors (Lipinski definition) is 2. The quantitative estimate of drug-likeness (QED) is 0.649. The van der Waals surface area contributed by atoms with E-state index in [1.165, 1.54) is 12.3 Å². The van der Waals surface area contributed by atoms with Gasteiger partial charge in [0.2, 0.25) is 0 Å². The zero-order valence-electron chi connectivity index (χ0n) is 8.14. The maximum absolute atomic E-state index is 6.31. The van der Waals surface area contributed by atoms with Gasteiger partial charge in [0.15, 0.2) is 0 Å². The summed E-state index contributed by atoms with van der Waals surface area (Å²) >= 11 is 0. The molecule has 0 aliphatic carbocycles. The van der Waals surface area contributed by atoms with Gasteiger partial charge in [-0.2, -0.15) is 0 Å². The summed E-state index contributed by atoms with van der Waals surface area (Å²) in [5.41, 5.74) is 4.81. The Hall–Kier alpha value is -1.64. The molecule has 0 saturated carbocycles. The van der Waals surface area contributed by atoms with Crippen LogP contribution < -0.4 is 5.73 Å². The van der Waals surface area contributed by atoms with Crippen LogP contribution in [0.2, 0.25) is 0 Å². The zero-order chi connectivity index (χ0) is 10.4. The highest BCUT2D eigenvalue weighted by Gasteiger charge is 1.58. The van der Waals surface area contributed by atoms with Gasteiger partial charge in [0.1, 0.15) is 0 Å². The van der Waals surface area contributed by atoms with Crippen LogP contribution in [-0.2, 0) is 0 Å². The molecule has 1 aromatic rings. The van der Waals surface area contributed by atoms with Gasteiger partial charge >= 0.3 is 0 Å². The van der Waals surface area contributed by atoms with Crippen LogP contribution in [-0.4, -0.2) is 11.2 Å². The van der Waals surface area contributed by atoms with Crippen molar-refractivity contribution in [2.24, 2.45) is 5.73 Å². The number of rotatable bonds is 1. The largest absolute Gasteiger partial charge is 0.405 e. The van der Waals surface area contributed by atoms with E-state index in [2.05, 4.69) is 4.98 Å². The number of nitrogens with zero attached hydrogens (tertiary/aromatic N) is 1.